The van der Waals surface area contributed by atoms with E-state index in [1.54, 1.807) is 11.8 Å². The number of nitrogens with one attached hydrogen (secondary N) is 1. The van der Waals surface area contributed by atoms with Gasteiger partial charge in [0.2, 0.25) is 5.91 Å². The van der Waals surface area contributed by atoms with Gasteiger partial charge in [0.05, 0.1) is 12.7 Å². The number of primary amides is 1. The van der Waals surface area contributed by atoms with E-state index >= 15 is 0 Å². The quantitative estimate of drug-likeness (QED) is 0.638. The fourth-order valence-corrected chi connectivity index (χ4v) is 1.57. The number of nitrogens with zero attached hydrogens (tertiary/aromatic N) is 1. The minimum absolute atomic E-state index is 0.0449. The number of ether oxygens (including phenoxy) is 1. The van der Waals surface area contributed by atoms with E-state index < -0.39 is 12.1 Å². The number of hydrogen-bond acceptors (Lipinski definition) is 3. The van der Waals surface area contributed by atoms with Gasteiger partial charge >= 0.3 is 6.03 Å². The van der Waals surface area contributed by atoms with Crippen LogP contribution in [0.4, 0.5) is 4.79 Å². The predicted octanol–water partition coefficient (Wildman–Crippen LogP) is -0.709. The van der Waals surface area contributed by atoms with E-state index in [9.17, 15) is 9.59 Å². The number of carbonyl (C=O) groups excluding carboxylic acids is 2. The van der Waals surface area contributed by atoms with Crippen LogP contribution in [-0.4, -0.2) is 48.7 Å². The van der Waals surface area contributed by atoms with Crippen molar-refractivity contribution in [2.24, 2.45) is 5.73 Å². The van der Waals surface area contributed by atoms with Crippen molar-refractivity contribution in [3.63, 3.8) is 0 Å². The lowest BCUT2D eigenvalue weighted by Crippen LogP contribution is -2.53. The predicted molar refractivity (Wildman–Crippen MR) is 54.2 cm³/mol. The van der Waals surface area contributed by atoms with Gasteiger partial charge in [-0.15, -0.1) is 0 Å². The minimum Gasteiger partial charge on any atom is -0.375 e. The van der Waals surface area contributed by atoms with E-state index in [2.05, 4.69) is 5.32 Å². The summed E-state index contributed by atoms with van der Waals surface area (Å²) in [6.07, 6.45) is 0.0449. The Balaban J connectivity index is 2.47. The largest absolute Gasteiger partial charge is 0.375 e. The summed E-state index contributed by atoms with van der Waals surface area (Å²) >= 11 is 0. The Morgan fingerprint density at radius 1 is 1.60 bits per heavy atom. The molecule has 1 rings (SSSR count). The minimum atomic E-state index is -0.683. The van der Waals surface area contributed by atoms with Crippen molar-refractivity contribution in [3.05, 3.63) is 0 Å². The fraction of sp³-hybridized carbons (Fsp3) is 0.778. The van der Waals surface area contributed by atoms with Crippen LogP contribution in [0.1, 0.15) is 13.8 Å². The number of hydrogen-bond donors (Lipinski definition) is 2. The number of rotatable bonds is 2. The average molecular weight is 215 g/mol. The summed E-state index contributed by atoms with van der Waals surface area (Å²) in [6.45, 7) is 5.19. The van der Waals surface area contributed by atoms with Gasteiger partial charge < -0.3 is 20.7 Å². The van der Waals surface area contributed by atoms with Gasteiger partial charge in [0, 0.05) is 13.1 Å². The second kappa shape index (κ2) is 4.97. The van der Waals surface area contributed by atoms with E-state index in [0.29, 0.717) is 19.7 Å². The molecule has 0 aromatic heterocycles. The van der Waals surface area contributed by atoms with E-state index in [1.807, 2.05) is 6.92 Å². The average Bonchev–Trinajstić information content (AvgIpc) is 2.15. The van der Waals surface area contributed by atoms with Crippen LogP contribution in [0.3, 0.4) is 0 Å². The molecule has 2 atom stereocenters. The fourth-order valence-electron chi connectivity index (χ4n) is 1.57. The molecule has 0 aromatic rings. The van der Waals surface area contributed by atoms with Gasteiger partial charge in [-0.2, -0.15) is 0 Å². The smallest absolute Gasteiger partial charge is 0.312 e. The highest BCUT2D eigenvalue weighted by Crippen LogP contribution is 2.06. The summed E-state index contributed by atoms with van der Waals surface area (Å²) in [6, 6.07) is -1.26. The molecule has 15 heavy (non-hydrogen) atoms. The lowest BCUT2D eigenvalue weighted by molar-refractivity contribution is -0.139. The first-order valence-corrected chi connectivity index (χ1v) is 4.97. The SMILES string of the molecule is CC1CN(C(=O)C(C)NC(N)=O)CCO1. The van der Waals surface area contributed by atoms with Crippen molar-refractivity contribution in [2.45, 2.75) is 26.0 Å². The lowest BCUT2D eigenvalue weighted by atomic mass is 10.2. The summed E-state index contributed by atoms with van der Waals surface area (Å²) in [4.78, 5) is 24.0. The van der Waals surface area contributed by atoms with Crippen molar-refractivity contribution in [1.82, 2.24) is 10.2 Å². The summed E-state index contributed by atoms with van der Waals surface area (Å²) in [5.74, 6) is -0.121. The van der Waals surface area contributed by atoms with Gasteiger partial charge in [-0.05, 0) is 13.8 Å². The van der Waals surface area contributed by atoms with Crippen molar-refractivity contribution < 1.29 is 14.3 Å². The lowest BCUT2D eigenvalue weighted by Gasteiger charge is -2.32. The highest BCUT2D eigenvalue weighted by Gasteiger charge is 2.25. The first kappa shape index (κ1) is 11.8. The second-order valence-corrected chi connectivity index (χ2v) is 3.70. The molecule has 0 saturated carbocycles. The first-order chi connectivity index (χ1) is 7.00. The van der Waals surface area contributed by atoms with Gasteiger partial charge in [0.15, 0.2) is 0 Å². The summed E-state index contributed by atoms with van der Waals surface area (Å²) in [5, 5.41) is 2.36. The third-order valence-corrected chi connectivity index (χ3v) is 2.28. The maximum Gasteiger partial charge on any atom is 0.312 e. The zero-order chi connectivity index (χ0) is 11.4. The molecule has 6 nitrogen and oxygen atoms in total. The van der Waals surface area contributed by atoms with Crippen molar-refractivity contribution in [2.75, 3.05) is 19.7 Å². The molecule has 1 aliphatic heterocycles. The van der Waals surface area contributed by atoms with E-state index in [-0.39, 0.29) is 12.0 Å². The molecule has 1 aliphatic rings. The normalized spacial score (nSPS) is 23.3. The van der Waals surface area contributed by atoms with Gasteiger partial charge in [0.1, 0.15) is 6.04 Å². The molecule has 0 aromatic carbocycles. The Hall–Kier alpha value is -1.30. The summed E-state index contributed by atoms with van der Waals surface area (Å²) < 4.78 is 5.31. The number of morpholine rings is 1. The molecular weight excluding hydrogens is 198 g/mol. The highest BCUT2D eigenvalue weighted by atomic mass is 16.5. The van der Waals surface area contributed by atoms with Gasteiger partial charge in [-0.3, -0.25) is 4.79 Å². The molecule has 1 saturated heterocycles. The Morgan fingerprint density at radius 3 is 2.80 bits per heavy atom. The molecule has 0 aliphatic carbocycles. The van der Waals surface area contributed by atoms with Crippen molar-refractivity contribution in [3.8, 4) is 0 Å². The highest BCUT2D eigenvalue weighted by molar-refractivity contribution is 5.86. The van der Waals surface area contributed by atoms with Crippen LogP contribution in [0.15, 0.2) is 0 Å². The molecule has 3 N–H and O–H groups in total. The van der Waals surface area contributed by atoms with Crippen LogP contribution in [0.25, 0.3) is 0 Å². The van der Waals surface area contributed by atoms with Crippen LogP contribution in [0.2, 0.25) is 0 Å². The Morgan fingerprint density at radius 2 is 2.27 bits per heavy atom. The molecule has 0 radical (unpaired) electrons. The molecule has 0 bridgehead atoms. The first-order valence-electron chi connectivity index (χ1n) is 4.97. The Kier molecular flexibility index (Phi) is 3.90. The van der Waals surface area contributed by atoms with Gasteiger partial charge in [-0.25, -0.2) is 4.79 Å². The molecule has 86 valence electrons. The Bertz CT molecular complexity index is 257. The summed E-state index contributed by atoms with van der Waals surface area (Å²) in [7, 11) is 0. The van der Waals surface area contributed by atoms with E-state index in [0.717, 1.165) is 0 Å². The Labute approximate surface area is 88.7 Å². The zero-order valence-electron chi connectivity index (χ0n) is 9.03. The maximum atomic E-state index is 11.8. The monoisotopic (exact) mass is 215 g/mol. The van der Waals surface area contributed by atoms with Crippen LogP contribution in [0, 0.1) is 0 Å². The molecule has 6 heteroatoms. The van der Waals surface area contributed by atoms with Crippen molar-refractivity contribution in [1.29, 1.82) is 0 Å². The molecule has 3 amide bonds. The molecule has 0 spiro atoms. The van der Waals surface area contributed by atoms with Crippen LogP contribution in [0.5, 0.6) is 0 Å². The third-order valence-electron chi connectivity index (χ3n) is 2.28. The molecule has 1 fully saturated rings. The topological polar surface area (TPSA) is 84.7 Å². The van der Waals surface area contributed by atoms with Gasteiger partial charge in [0.25, 0.3) is 0 Å². The molecule has 2 unspecified atom stereocenters. The number of urea groups is 1. The van der Waals surface area contributed by atoms with E-state index in [1.165, 1.54) is 0 Å². The van der Waals surface area contributed by atoms with E-state index in [4.69, 9.17) is 10.5 Å². The summed E-state index contributed by atoms with van der Waals surface area (Å²) in [5.41, 5.74) is 4.94. The zero-order valence-corrected chi connectivity index (χ0v) is 9.03. The second-order valence-electron chi connectivity index (χ2n) is 3.70. The maximum absolute atomic E-state index is 11.8. The number of amides is 3. The van der Waals surface area contributed by atoms with Crippen molar-refractivity contribution >= 4 is 11.9 Å². The van der Waals surface area contributed by atoms with Crippen LogP contribution < -0.4 is 11.1 Å². The number of nitrogens with two attached hydrogens (primary N) is 1. The number of carbonyl (C=O) groups is 2. The molecule has 1 heterocycles. The van der Waals surface area contributed by atoms with Crippen LogP contribution in [-0.2, 0) is 9.53 Å². The van der Waals surface area contributed by atoms with Gasteiger partial charge in [-0.1, -0.05) is 0 Å². The van der Waals surface area contributed by atoms with Crippen LogP contribution >= 0.6 is 0 Å². The molecular formula is C9H17N3O3. The standard InChI is InChI=1S/C9H17N3O3/c1-6-5-12(3-4-15-6)8(13)7(2)11-9(10)14/h6-7H,3-5H2,1-2H3,(H3,10,11,14). The third kappa shape index (κ3) is 3.39.